The molecule has 1 atom stereocenters. The van der Waals surface area contributed by atoms with Crippen molar-refractivity contribution in [3.05, 3.63) is 71.8 Å². The van der Waals surface area contributed by atoms with E-state index < -0.39 is 0 Å². The Morgan fingerprint density at radius 2 is 1.33 bits per heavy atom. The van der Waals surface area contributed by atoms with Gasteiger partial charge in [-0.1, -0.05) is 43.3 Å². The second-order valence-electron chi connectivity index (χ2n) is 5.84. The van der Waals surface area contributed by atoms with Gasteiger partial charge in [-0.3, -0.25) is 0 Å². The molecule has 0 aliphatic heterocycles. The minimum Gasteiger partial charge on any atom is -0.508 e. The lowest BCUT2D eigenvalue weighted by molar-refractivity contribution is 0.374. The maximum absolute atomic E-state index is 9.56. The van der Waals surface area contributed by atoms with Crippen molar-refractivity contribution in [3.8, 4) is 11.5 Å². The topological polar surface area (TPSA) is 40.5 Å². The summed E-state index contributed by atoms with van der Waals surface area (Å²) in [6.45, 7) is 2.27. The van der Waals surface area contributed by atoms with Crippen LogP contribution in [0.3, 0.4) is 0 Å². The van der Waals surface area contributed by atoms with E-state index in [9.17, 15) is 10.2 Å². The molecule has 2 nitrogen and oxygen atoms in total. The van der Waals surface area contributed by atoms with Crippen LogP contribution >= 0.6 is 0 Å². The van der Waals surface area contributed by atoms with Crippen molar-refractivity contribution >= 4 is 0 Å². The molecule has 108 valence electrons. The van der Waals surface area contributed by atoms with Gasteiger partial charge >= 0.3 is 0 Å². The Balaban J connectivity index is 2.19. The SMILES string of the molecule is CC1CCC=CC1(c1ccc(O)cc1)c1ccc(O)cc1. The van der Waals surface area contributed by atoms with Crippen LogP contribution in [0.15, 0.2) is 60.7 Å². The van der Waals surface area contributed by atoms with Gasteiger partial charge in [0.1, 0.15) is 11.5 Å². The Bertz CT molecular complexity index is 593. The molecular formula is C19H20O2. The number of allylic oxidation sites excluding steroid dienone is 2. The molecular weight excluding hydrogens is 260 g/mol. The molecule has 0 amide bonds. The molecule has 0 radical (unpaired) electrons. The summed E-state index contributed by atoms with van der Waals surface area (Å²) in [6.07, 6.45) is 6.73. The fraction of sp³-hybridized carbons (Fsp3) is 0.263. The van der Waals surface area contributed by atoms with Crippen LogP contribution in [0.25, 0.3) is 0 Å². The molecule has 0 spiro atoms. The number of aromatic hydroxyl groups is 2. The fourth-order valence-electron chi connectivity index (χ4n) is 3.41. The van der Waals surface area contributed by atoms with Crippen LogP contribution in [0, 0.1) is 5.92 Å². The number of phenols is 2. The van der Waals surface area contributed by atoms with Gasteiger partial charge in [0.15, 0.2) is 0 Å². The molecule has 0 aromatic heterocycles. The maximum Gasteiger partial charge on any atom is 0.115 e. The van der Waals surface area contributed by atoms with E-state index in [0.717, 1.165) is 12.8 Å². The van der Waals surface area contributed by atoms with Gasteiger partial charge in [-0.25, -0.2) is 0 Å². The number of hydrogen-bond acceptors (Lipinski definition) is 2. The summed E-state index contributed by atoms with van der Waals surface area (Å²) >= 11 is 0. The van der Waals surface area contributed by atoms with Gasteiger partial charge in [0, 0.05) is 5.41 Å². The smallest absolute Gasteiger partial charge is 0.115 e. The maximum atomic E-state index is 9.56. The number of benzene rings is 2. The highest BCUT2D eigenvalue weighted by Gasteiger charge is 2.38. The second-order valence-corrected chi connectivity index (χ2v) is 5.84. The number of hydrogen-bond donors (Lipinski definition) is 2. The zero-order valence-corrected chi connectivity index (χ0v) is 12.2. The van der Waals surface area contributed by atoms with Gasteiger partial charge in [-0.2, -0.15) is 0 Å². The zero-order chi connectivity index (χ0) is 14.9. The Labute approximate surface area is 125 Å². The van der Waals surface area contributed by atoms with Crippen molar-refractivity contribution in [2.75, 3.05) is 0 Å². The number of rotatable bonds is 2. The normalized spacial score (nSPS) is 20.3. The van der Waals surface area contributed by atoms with E-state index in [1.165, 1.54) is 11.1 Å². The minimum atomic E-state index is -0.195. The van der Waals surface area contributed by atoms with E-state index in [-0.39, 0.29) is 16.9 Å². The lowest BCUT2D eigenvalue weighted by atomic mass is 9.63. The monoisotopic (exact) mass is 280 g/mol. The fourth-order valence-corrected chi connectivity index (χ4v) is 3.41. The van der Waals surface area contributed by atoms with Gasteiger partial charge in [0.05, 0.1) is 0 Å². The van der Waals surface area contributed by atoms with E-state index in [1.807, 2.05) is 24.3 Å². The molecule has 0 bridgehead atoms. The molecule has 3 rings (SSSR count). The van der Waals surface area contributed by atoms with Crippen molar-refractivity contribution in [3.63, 3.8) is 0 Å². The molecule has 2 heteroatoms. The average molecular weight is 280 g/mol. The Kier molecular flexibility index (Phi) is 3.46. The van der Waals surface area contributed by atoms with Crippen molar-refractivity contribution < 1.29 is 10.2 Å². The highest BCUT2D eigenvalue weighted by molar-refractivity contribution is 5.48. The summed E-state index contributed by atoms with van der Waals surface area (Å²) in [5, 5.41) is 19.1. The molecule has 0 heterocycles. The van der Waals surface area contributed by atoms with Crippen LogP contribution in [0.4, 0.5) is 0 Å². The first-order valence-corrected chi connectivity index (χ1v) is 7.39. The molecule has 1 aliphatic rings. The van der Waals surface area contributed by atoms with Crippen LogP contribution in [-0.4, -0.2) is 10.2 Å². The standard InChI is InChI=1S/C19H20O2/c1-14-4-2-3-13-19(14,15-5-9-17(20)10-6-15)16-7-11-18(21)12-8-16/h3,5-14,20-21H,2,4H2,1H3. The zero-order valence-electron chi connectivity index (χ0n) is 12.2. The van der Waals surface area contributed by atoms with E-state index in [1.54, 1.807) is 24.3 Å². The van der Waals surface area contributed by atoms with Gasteiger partial charge < -0.3 is 10.2 Å². The third-order valence-corrected chi connectivity index (χ3v) is 4.61. The molecule has 2 aromatic rings. The van der Waals surface area contributed by atoms with Crippen molar-refractivity contribution in [2.24, 2.45) is 5.92 Å². The molecule has 0 saturated carbocycles. The third kappa shape index (κ3) is 2.31. The van der Waals surface area contributed by atoms with Gasteiger partial charge in [0.25, 0.3) is 0 Å². The first-order chi connectivity index (χ1) is 10.1. The van der Waals surface area contributed by atoms with Crippen LogP contribution < -0.4 is 0 Å². The molecule has 1 aliphatic carbocycles. The van der Waals surface area contributed by atoms with Crippen LogP contribution in [0.5, 0.6) is 11.5 Å². The lowest BCUT2D eigenvalue weighted by Gasteiger charge is -2.40. The Morgan fingerprint density at radius 1 is 0.857 bits per heavy atom. The summed E-state index contributed by atoms with van der Waals surface area (Å²) in [5.74, 6) is 1.02. The minimum absolute atomic E-state index is 0.195. The van der Waals surface area contributed by atoms with Gasteiger partial charge in [-0.15, -0.1) is 0 Å². The number of phenolic OH excluding ortho intramolecular Hbond substituents is 2. The van der Waals surface area contributed by atoms with Crippen LogP contribution in [-0.2, 0) is 5.41 Å². The van der Waals surface area contributed by atoms with Crippen LogP contribution in [0.1, 0.15) is 30.9 Å². The second kappa shape index (κ2) is 5.28. The summed E-state index contributed by atoms with van der Waals surface area (Å²) in [7, 11) is 0. The molecule has 2 aromatic carbocycles. The van der Waals surface area contributed by atoms with Gasteiger partial charge in [0.2, 0.25) is 0 Å². The summed E-state index contributed by atoms with van der Waals surface area (Å²) in [5.41, 5.74) is 2.16. The molecule has 0 fully saturated rings. The van der Waals surface area contributed by atoms with Crippen molar-refractivity contribution in [2.45, 2.75) is 25.2 Å². The average Bonchev–Trinajstić information content (AvgIpc) is 2.50. The van der Waals surface area contributed by atoms with Crippen molar-refractivity contribution in [1.29, 1.82) is 0 Å². The summed E-state index contributed by atoms with van der Waals surface area (Å²) < 4.78 is 0. The highest BCUT2D eigenvalue weighted by atomic mass is 16.3. The predicted octanol–water partition coefficient (Wildman–Crippen LogP) is 4.37. The van der Waals surface area contributed by atoms with E-state index >= 15 is 0 Å². The molecule has 0 saturated heterocycles. The largest absolute Gasteiger partial charge is 0.508 e. The molecule has 2 N–H and O–H groups in total. The molecule has 21 heavy (non-hydrogen) atoms. The first kappa shape index (κ1) is 13.7. The quantitative estimate of drug-likeness (QED) is 0.802. The van der Waals surface area contributed by atoms with E-state index in [0.29, 0.717) is 5.92 Å². The van der Waals surface area contributed by atoms with Gasteiger partial charge in [-0.05, 0) is 54.2 Å². The molecule has 1 unspecified atom stereocenters. The van der Waals surface area contributed by atoms with Crippen LogP contribution in [0.2, 0.25) is 0 Å². The predicted molar refractivity (Wildman–Crippen MR) is 84.5 cm³/mol. The summed E-state index contributed by atoms with van der Waals surface area (Å²) in [6, 6.07) is 14.9. The first-order valence-electron chi connectivity index (χ1n) is 7.39. The van der Waals surface area contributed by atoms with Crippen molar-refractivity contribution in [1.82, 2.24) is 0 Å². The third-order valence-electron chi connectivity index (χ3n) is 4.61. The lowest BCUT2D eigenvalue weighted by Crippen LogP contribution is -2.34. The van der Waals surface area contributed by atoms with E-state index in [2.05, 4.69) is 19.1 Å². The highest BCUT2D eigenvalue weighted by Crippen LogP contribution is 2.45. The van der Waals surface area contributed by atoms with E-state index in [4.69, 9.17) is 0 Å². The Morgan fingerprint density at radius 3 is 1.76 bits per heavy atom. The Hall–Kier alpha value is -2.22. The summed E-state index contributed by atoms with van der Waals surface area (Å²) in [4.78, 5) is 0.